The molecule has 0 spiro atoms. The van der Waals surface area contributed by atoms with Crippen molar-refractivity contribution in [1.82, 2.24) is 0 Å². The molecule has 0 fully saturated rings. The van der Waals surface area contributed by atoms with Crippen LogP contribution in [0.3, 0.4) is 0 Å². The maximum absolute atomic E-state index is 10.8. The molecule has 0 unspecified atom stereocenters. The lowest BCUT2D eigenvalue weighted by molar-refractivity contribution is 0.112. The number of hydrogen-bond acceptors (Lipinski definition) is 7. The van der Waals surface area contributed by atoms with E-state index in [4.69, 9.17) is 18.9 Å². The second-order valence-corrected chi connectivity index (χ2v) is 8.49. The van der Waals surface area contributed by atoms with Crippen molar-refractivity contribution in [2.45, 2.75) is 0 Å². The van der Waals surface area contributed by atoms with E-state index in [0.29, 0.717) is 17.8 Å². The monoisotopic (exact) mass is 540 g/mol. The lowest BCUT2D eigenvalue weighted by atomic mass is 10.1. The number of rotatable bonds is 9. The van der Waals surface area contributed by atoms with Crippen LogP contribution in [0.4, 0.5) is 0 Å². The lowest BCUT2D eigenvalue weighted by Gasteiger charge is -2.06. The molecule has 0 aliphatic rings. The maximum atomic E-state index is 10.8. The first-order valence-corrected chi connectivity index (χ1v) is 12.3. The molecule has 7 nitrogen and oxygen atoms in total. The molecule has 4 rings (SSSR count). The van der Waals surface area contributed by atoms with Gasteiger partial charge in [-0.1, -0.05) is 42.5 Å². The highest BCUT2D eigenvalue weighted by molar-refractivity contribution is 5.82. The van der Waals surface area contributed by atoms with Gasteiger partial charge in [0.1, 0.15) is 34.5 Å². The summed E-state index contributed by atoms with van der Waals surface area (Å²) in [6.45, 7) is 0. The standard InChI is InChI=1S/C17H16O4.C16H16O3/c1-20-15-8-13(9-16(10-15)21-2)4-3-12-5-6-17(19)14(7-12)11-18;1-18-15-9-13(10-16(11-15)19-2)4-3-12-5-7-14(17)8-6-12/h3-11,19H,1-2H3;3-11,17H,1-2H3/b2*4-3+. The molecule has 206 valence electrons. The summed E-state index contributed by atoms with van der Waals surface area (Å²) in [5, 5.41) is 18.7. The van der Waals surface area contributed by atoms with Crippen molar-refractivity contribution in [1.29, 1.82) is 0 Å². The van der Waals surface area contributed by atoms with Gasteiger partial charge >= 0.3 is 0 Å². The van der Waals surface area contributed by atoms with Crippen molar-refractivity contribution in [2.75, 3.05) is 28.4 Å². The zero-order valence-electron chi connectivity index (χ0n) is 22.8. The van der Waals surface area contributed by atoms with Gasteiger partial charge in [-0.2, -0.15) is 0 Å². The number of methoxy groups -OCH3 is 4. The summed E-state index contributed by atoms with van der Waals surface area (Å²) in [5.41, 5.74) is 3.99. The Morgan fingerprint density at radius 1 is 0.500 bits per heavy atom. The molecular formula is C33H32O7. The Balaban J connectivity index is 0.000000222. The van der Waals surface area contributed by atoms with Crippen LogP contribution in [0.5, 0.6) is 34.5 Å². The van der Waals surface area contributed by atoms with Crippen molar-refractivity contribution in [3.05, 3.63) is 107 Å². The fraction of sp³-hybridized carbons (Fsp3) is 0.121. The highest BCUT2D eigenvalue weighted by atomic mass is 16.5. The summed E-state index contributed by atoms with van der Waals surface area (Å²) in [6, 6.07) is 23.1. The number of phenols is 2. The Morgan fingerprint density at radius 3 is 1.32 bits per heavy atom. The van der Waals surface area contributed by atoms with Gasteiger partial charge in [0.25, 0.3) is 0 Å². The van der Waals surface area contributed by atoms with Crippen LogP contribution in [0, 0.1) is 0 Å². The molecule has 0 amide bonds. The van der Waals surface area contributed by atoms with E-state index >= 15 is 0 Å². The summed E-state index contributed by atoms with van der Waals surface area (Å²) >= 11 is 0. The molecule has 4 aromatic carbocycles. The number of phenolic OH excluding ortho intramolecular Hbond substituents is 2. The van der Waals surface area contributed by atoms with Crippen molar-refractivity contribution < 1.29 is 34.0 Å². The van der Waals surface area contributed by atoms with Crippen LogP contribution in [-0.4, -0.2) is 44.9 Å². The summed E-state index contributed by atoms with van der Waals surface area (Å²) in [5.74, 6) is 3.15. The average molecular weight is 541 g/mol. The molecule has 0 aliphatic carbocycles. The third-order valence-electron chi connectivity index (χ3n) is 5.76. The first-order valence-electron chi connectivity index (χ1n) is 12.3. The minimum Gasteiger partial charge on any atom is -0.508 e. The van der Waals surface area contributed by atoms with E-state index in [2.05, 4.69) is 0 Å². The number of aromatic hydroxyl groups is 2. The number of carbonyl (C=O) groups excluding carboxylic acids is 1. The van der Waals surface area contributed by atoms with Crippen molar-refractivity contribution in [3.8, 4) is 34.5 Å². The van der Waals surface area contributed by atoms with Crippen LogP contribution in [0.15, 0.2) is 78.9 Å². The lowest BCUT2D eigenvalue weighted by Crippen LogP contribution is -1.88. The predicted molar refractivity (Wildman–Crippen MR) is 159 cm³/mol. The summed E-state index contributed by atoms with van der Waals surface area (Å²) < 4.78 is 20.9. The van der Waals surface area contributed by atoms with Gasteiger partial charge in [-0.25, -0.2) is 0 Å². The van der Waals surface area contributed by atoms with Crippen molar-refractivity contribution in [2.24, 2.45) is 0 Å². The number of aldehydes is 1. The second kappa shape index (κ2) is 14.7. The predicted octanol–water partition coefficient (Wildman–Crippen LogP) is 6.97. The van der Waals surface area contributed by atoms with Crippen LogP contribution >= 0.6 is 0 Å². The molecule has 0 saturated heterocycles. The van der Waals surface area contributed by atoms with Gasteiger partial charge in [0.2, 0.25) is 0 Å². The molecule has 4 aromatic rings. The smallest absolute Gasteiger partial charge is 0.153 e. The fourth-order valence-electron chi connectivity index (χ4n) is 3.59. The quantitative estimate of drug-likeness (QED) is 0.175. The fourth-order valence-corrected chi connectivity index (χ4v) is 3.59. The Kier molecular flexibility index (Phi) is 10.8. The SMILES string of the molecule is COc1cc(/C=C/c2ccc(O)c(C=O)c2)cc(OC)c1.COc1cc(/C=C/c2ccc(O)cc2)cc(OC)c1. The van der Waals surface area contributed by atoms with Gasteiger partial charge in [0.15, 0.2) is 6.29 Å². The van der Waals surface area contributed by atoms with E-state index in [0.717, 1.165) is 33.8 Å². The van der Waals surface area contributed by atoms with Gasteiger partial charge in [-0.3, -0.25) is 4.79 Å². The Hall–Kier alpha value is -5.17. The Labute approximate surface area is 234 Å². The Bertz CT molecular complexity index is 1430. The molecule has 0 heterocycles. The first-order chi connectivity index (χ1) is 19.4. The van der Waals surface area contributed by atoms with Gasteiger partial charge < -0.3 is 29.2 Å². The van der Waals surface area contributed by atoms with Crippen LogP contribution in [0.2, 0.25) is 0 Å². The number of hydrogen-bond donors (Lipinski definition) is 2. The molecule has 0 bridgehead atoms. The molecule has 40 heavy (non-hydrogen) atoms. The van der Waals surface area contributed by atoms with Crippen LogP contribution in [0.1, 0.15) is 32.6 Å². The molecule has 2 N–H and O–H groups in total. The van der Waals surface area contributed by atoms with E-state index in [-0.39, 0.29) is 17.1 Å². The van der Waals surface area contributed by atoms with E-state index < -0.39 is 0 Å². The van der Waals surface area contributed by atoms with Gasteiger partial charge in [0.05, 0.1) is 34.0 Å². The molecular weight excluding hydrogens is 508 g/mol. The molecule has 7 heteroatoms. The zero-order valence-corrected chi connectivity index (χ0v) is 22.8. The van der Waals surface area contributed by atoms with Crippen LogP contribution < -0.4 is 18.9 Å². The second-order valence-electron chi connectivity index (χ2n) is 8.49. The van der Waals surface area contributed by atoms with Gasteiger partial charge in [-0.05, 0) is 70.8 Å². The Morgan fingerprint density at radius 2 is 0.900 bits per heavy atom. The minimum atomic E-state index is -0.0230. The largest absolute Gasteiger partial charge is 0.508 e. The third kappa shape index (κ3) is 8.70. The van der Waals surface area contributed by atoms with Gasteiger partial charge in [0, 0.05) is 12.1 Å². The topological polar surface area (TPSA) is 94.5 Å². The number of carbonyl (C=O) groups is 1. The molecule has 0 saturated carbocycles. The van der Waals surface area contributed by atoms with E-state index in [9.17, 15) is 15.0 Å². The van der Waals surface area contributed by atoms with E-state index in [1.54, 1.807) is 58.8 Å². The van der Waals surface area contributed by atoms with E-state index in [1.807, 2.05) is 66.8 Å². The molecule has 0 aromatic heterocycles. The number of benzene rings is 4. The summed E-state index contributed by atoms with van der Waals surface area (Å²) in [6.07, 6.45) is 8.29. The van der Waals surface area contributed by atoms with Crippen molar-refractivity contribution >= 4 is 30.6 Å². The van der Waals surface area contributed by atoms with Crippen molar-refractivity contribution in [3.63, 3.8) is 0 Å². The normalized spacial score (nSPS) is 10.6. The maximum Gasteiger partial charge on any atom is 0.153 e. The van der Waals surface area contributed by atoms with Gasteiger partial charge in [-0.15, -0.1) is 0 Å². The zero-order chi connectivity index (χ0) is 28.9. The summed E-state index contributed by atoms with van der Waals surface area (Å²) in [7, 11) is 6.45. The molecule has 0 aliphatic heterocycles. The minimum absolute atomic E-state index is 0.0230. The molecule has 0 atom stereocenters. The number of ether oxygens (including phenoxy) is 4. The molecule has 0 radical (unpaired) electrons. The van der Waals surface area contributed by atoms with Crippen LogP contribution in [-0.2, 0) is 0 Å². The average Bonchev–Trinajstić information content (AvgIpc) is 3.00. The highest BCUT2D eigenvalue weighted by Gasteiger charge is 2.02. The van der Waals surface area contributed by atoms with Crippen LogP contribution in [0.25, 0.3) is 24.3 Å². The highest BCUT2D eigenvalue weighted by Crippen LogP contribution is 2.25. The first kappa shape index (κ1) is 29.4. The third-order valence-corrected chi connectivity index (χ3v) is 5.76. The van der Waals surface area contributed by atoms with E-state index in [1.165, 1.54) is 6.07 Å². The summed E-state index contributed by atoms with van der Waals surface area (Å²) in [4.78, 5) is 10.8.